The molecule has 1 aromatic heterocycles. The highest BCUT2D eigenvalue weighted by Gasteiger charge is 2.15. The van der Waals surface area contributed by atoms with E-state index in [1.807, 2.05) is 44.2 Å². The summed E-state index contributed by atoms with van der Waals surface area (Å²) in [6.07, 6.45) is -0.534. The minimum Gasteiger partial charge on any atom is -0.383 e. The molecule has 2 aromatic rings. The zero-order valence-electron chi connectivity index (χ0n) is 9.20. The van der Waals surface area contributed by atoms with Crippen molar-refractivity contribution in [3.63, 3.8) is 0 Å². The minimum absolute atomic E-state index is 0.534. The van der Waals surface area contributed by atoms with Gasteiger partial charge in [-0.3, -0.25) is 0 Å². The fraction of sp³-hybridized carbons (Fsp3) is 0.231. The van der Waals surface area contributed by atoms with Crippen molar-refractivity contribution >= 4 is 27.3 Å². The molecule has 84 valence electrons. The highest BCUT2D eigenvalue weighted by Crippen LogP contribution is 2.32. The fourth-order valence-electron chi connectivity index (χ4n) is 1.63. The second kappa shape index (κ2) is 4.70. The Morgan fingerprint density at radius 1 is 1.19 bits per heavy atom. The number of thiophene rings is 1. The normalized spacial score (nSPS) is 12.8. The van der Waals surface area contributed by atoms with Gasteiger partial charge >= 0.3 is 0 Å². The SMILES string of the molecule is Cc1ccc(Br)c(C(O)c2ccc(C)s2)c1. The third-order valence-corrected chi connectivity index (χ3v) is 4.25. The summed E-state index contributed by atoms with van der Waals surface area (Å²) in [6.45, 7) is 4.08. The molecule has 1 unspecified atom stereocenters. The third kappa shape index (κ3) is 2.37. The first-order valence-corrected chi connectivity index (χ1v) is 6.69. The molecule has 0 bridgehead atoms. The number of rotatable bonds is 2. The molecule has 0 aliphatic heterocycles. The van der Waals surface area contributed by atoms with Gasteiger partial charge in [-0.25, -0.2) is 0 Å². The number of aliphatic hydroxyl groups excluding tert-OH is 1. The van der Waals surface area contributed by atoms with Crippen LogP contribution in [0.15, 0.2) is 34.8 Å². The van der Waals surface area contributed by atoms with Gasteiger partial charge in [0.15, 0.2) is 0 Å². The predicted octanol–water partition coefficient (Wildman–Crippen LogP) is 4.21. The van der Waals surface area contributed by atoms with Crippen LogP contribution in [0.4, 0.5) is 0 Å². The first-order chi connectivity index (χ1) is 7.58. The summed E-state index contributed by atoms with van der Waals surface area (Å²) in [5.74, 6) is 0. The molecule has 0 aliphatic rings. The van der Waals surface area contributed by atoms with Gasteiger partial charge in [-0.1, -0.05) is 33.6 Å². The summed E-state index contributed by atoms with van der Waals surface area (Å²) in [4.78, 5) is 2.21. The molecule has 1 atom stereocenters. The monoisotopic (exact) mass is 296 g/mol. The molecule has 16 heavy (non-hydrogen) atoms. The molecule has 0 spiro atoms. The van der Waals surface area contributed by atoms with E-state index in [1.54, 1.807) is 11.3 Å². The van der Waals surface area contributed by atoms with Crippen molar-refractivity contribution in [2.24, 2.45) is 0 Å². The Morgan fingerprint density at radius 3 is 2.56 bits per heavy atom. The van der Waals surface area contributed by atoms with E-state index in [4.69, 9.17) is 0 Å². The minimum atomic E-state index is -0.534. The summed E-state index contributed by atoms with van der Waals surface area (Å²) in [7, 11) is 0. The molecule has 1 nitrogen and oxygen atoms in total. The maximum atomic E-state index is 10.3. The number of halogens is 1. The van der Waals surface area contributed by atoms with Crippen LogP contribution in [0, 0.1) is 13.8 Å². The predicted molar refractivity (Wildman–Crippen MR) is 72.0 cm³/mol. The third-order valence-electron chi connectivity index (χ3n) is 2.48. The summed E-state index contributed by atoms with van der Waals surface area (Å²) in [6, 6.07) is 10.0. The number of hydrogen-bond donors (Lipinski definition) is 1. The molecular formula is C13H13BrOS. The van der Waals surface area contributed by atoms with Crippen LogP contribution >= 0.6 is 27.3 Å². The van der Waals surface area contributed by atoms with Crippen LogP contribution in [0.2, 0.25) is 0 Å². The molecule has 1 aromatic carbocycles. The fourth-order valence-corrected chi connectivity index (χ4v) is 2.97. The Bertz CT molecular complexity index is 504. The Hall–Kier alpha value is -0.640. The topological polar surface area (TPSA) is 20.2 Å². The summed E-state index contributed by atoms with van der Waals surface area (Å²) < 4.78 is 0.955. The van der Waals surface area contributed by atoms with Crippen molar-refractivity contribution in [3.05, 3.63) is 55.7 Å². The van der Waals surface area contributed by atoms with Crippen LogP contribution < -0.4 is 0 Å². The van der Waals surface area contributed by atoms with E-state index < -0.39 is 6.10 Å². The van der Waals surface area contributed by atoms with E-state index in [0.717, 1.165) is 20.5 Å². The van der Waals surface area contributed by atoms with Crippen molar-refractivity contribution in [1.82, 2.24) is 0 Å². The number of hydrogen-bond acceptors (Lipinski definition) is 2. The van der Waals surface area contributed by atoms with Crippen molar-refractivity contribution in [3.8, 4) is 0 Å². The molecule has 0 fully saturated rings. The molecule has 0 aliphatic carbocycles. The van der Waals surface area contributed by atoms with Gasteiger partial charge in [0.2, 0.25) is 0 Å². The van der Waals surface area contributed by atoms with E-state index in [0.29, 0.717) is 0 Å². The maximum Gasteiger partial charge on any atom is 0.114 e. The lowest BCUT2D eigenvalue weighted by molar-refractivity contribution is 0.223. The molecule has 2 rings (SSSR count). The van der Waals surface area contributed by atoms with E-state index in [9.17, 15) is 5.11 Å². The number of benzene rings is 1. The zero-order chi connectivity index (χ0) is 11.7. The van der Waals surface area contributed by atoms with Crippen LogP contribution in [0.3, 0.4) is 0 Å². The largest absolute Gasteiger partial charge is 0.383 e. The lowest BCUT2D eigenvalue weighted by Crippen LogP contribution is -1.98. The summed E-state index contributed by atoms with van der Waals surface area (Å²) in [5.41, 5.74) is 2.09. The Morgan fingerprint density at radius 2 is 1.94 bits per heavy atom. The van der Waals surface area contributed by atoms with Gasteiger partial charge < -0.3 is 5.11 Å². The number of aryl methyl sites for hydroxylation is 2. The van der Waals surface area contributed by atoms with Crippen LogP contribution in [-0.2, 0) is 0 Å². The smallest absolute Gasteiger partial charge is 0.114 e. The Labute approximate surface area is 108 Å². The zero-order valence-corrected chi connectivity index (χ0v) is 11.6. The van der Waals surface area contributed by atoms with E-state index in [-0.39, 0.29) is 0 Å². The Balaban J connectivity index is 2.40. The number of aliphatic hydroxyl groups is 1. The van der Waals surface area contributed by atoms with E-state index >= 15 is 0 Å². The molecule has 3 heteroatoms. The lowest BCUT2D eigenvalue weighted by atomic mass is 10.1. The van der Waals surface area contributed by atoms with Gasteiger partial charge in [0.05, 0.1) is 0 Å². The molecule has 0 radical (unpaired) electrons. The molecule has 1 N–H and O–H groups in total. The van der Waals surface area contributed by atoms with Crippen molar-refractivity contribution in [2.45, 2.75) is 20.0 Å². The van der Waals surface area contributed by atoms with Gasteiger partial charge in [-0.15, -0.1) is 11.3 Å². The van der Waals surface area contributed by atoms with Crippen molar-refractivity contribution < 1.29 is 5.11 Å². The van der Waals surface area contributed by atoms with Gasteiger partial charge in [-0.05, 0) is 32.0 Å². The van der Waals surface area contributed by atoms with E-state index in [2.05, 4.69) is 15.9 Å². The van der Waals surface area contributed by atoms with E-state index in [1.165, 1.54) is 4.88 Å². The van der Waals surface area contributed by atoms with Gasteiger partial charge in [-0.2, -0.15) is 0 Å². The van der Waals surface area contributed by atoms with Crippen LogP contribution in [0.5, 0.6) is 0 Å². The molecular weight excluding hydrogens is 284 g/mol. The average Bonchev–Trinajstić information content (AvgIpc) is 2.67. The Kier molecular flexibility index (Phi) is 3.47. The van der Waals surface area contributed by atoms with Crippen molar-refractivity contribution in [2.75, 3.05) is 0 Å². The highest BCUT2D eigenvalue weighted by atomic mass is 79.9. The summed E-state index contributed by atoms with van der Waals surface area (Å²) >= 11 is 5.11. The standard InChI is InChI=1S/C13H13BrOS/c1-8-3-5-11(14)10(7-8)13(15)12-6-4-9(2)16-12/h3-7,13,15H,1-2H3. The summed E-state index contributed by atoms with van der Waals surface area (Å²) in [5, 5.41) is 10.3. The van der Waals surface area contributed by atoms with Gasteiger partial charge in [0.1, 0.15) is 6.10 Å². The van der Waals surface area contributed by atoms with Crippen LogP contribution in [0.1, 0.15) is 27.0 Å². The first kappa shape index (κ1) is 11.8. The molecule has 0 amide bonds. The molecule has 1 heterocycles. The maximum absolute atomic E-state index is 10.3. The second-order valence-corrected chi connectivity index (χ2v) is 6.05. The lowest BCUT2D eigenvalue weighted by Gasteiger charge is -2.12. The molecule has 0 saturated heterocycles. The van der Waals surface area contributed by atoms with Crippen LogP contribution in [-0.4, -0.2) is 5.11 Å². The van der Waals surface area contributed by atoms with Crippen LogP contribution in [0.25, 0.3) is 0 Å². The highest BCUT2D eigenvalue weighted by molar-refractivity contribution is 9.10. The average molecular weight is 297 g/mol. The molecule has 0 saturated carbocycles. The second-order valence-electron chi connectivity index (χ2n) is 3.88. The quantitative estimate of drug-likeness (QED) is 0.880. The first-order valence-electron chi connectivity index (χ1n) is 5.08. The van der Waals surface area contributed by atoms with Gasteiger partial charge in [0, 0.05) is 19.8 Å². The van der Waals surface area contributed by atoms with Gasteiger partial charge in [0.25, 0.3) is 0 Å². The van der Waals surface area contributed by atoms with Crippen molar-refractivity contribution in [1.29, 1.82) is 0 Å².